The van der Waals surface area contributed by atoms with Crippen LogP contribution in [-0.2, 0) is 32.7 Å². The molecule has 1 saturated heterocycles. The summed E-state index contributed by atoms with van der Waals surface area (Å²) in [6.07, 6.45) is 2.92. The molecule has 0 saturated carbocycles. The van der Waals surface area contributed by atoms with Crippen LogP contribution >= 0.6 is 0 Å². The predicted octanol–water partition coefficient (Wildman–Crippen LogP) is 1.03. The molecule has 2 heteroatoms. The molecule has 1 rings (SSSR count). The molecule has 0 aromatic carbocycles. The Hall–Kier alpha value is 0.804. The molecule has 0 aromatic rings. The smallest absolute Gasteiger partial charge is 0 e. The fraction of sp³-hybridized carbons (Fsp3) is 0.625. The molecule has 1 heterocycles. The average molecular weight is 212 g/mol. The van der Waals surface area contributed by atoms with Crippen LogP contribution in [0.25, 0.3) is 0 Å². The predicted molar refractivity (Wildman–Crippen MR) is 38.7 cm³/mol. The van der Waals surface area contributed by atoms with Gasteiger partial charge < -0.3 is 18.8 Å². The monoisotopic (exact) mass is 212 g/mol. The first-order valence-corrected chi connectivity index (χ1v) is 3.43. The van der Waals surface area contributed by atoms with Gasteiger partial charge in [0.2, 0.25) is 0 Å². The molecule has 2 unspecified atom stereocenters. The zero-order valence-corrected chi connectivity index (χ0v) is 9.05. The number of hydrogen-bond acceptors (Lipinski definition) is 1. The standard InChI is InChI=1S/C8H13N.Y/c1-3-8-4-5-9-6-7(8)2;/h1,3,7-9H,2,4-6H2;/q-2;. The fourth-order valence-corrected chi connectivity index (χ4v) is 1.20. The topological polar surface area (TPSA) is 12.0 Å². The molecule has 0 amide bonds. The van der Waals surface area contributed by atoms with Gasteiger partial charge >= 0.3 is 0 Å². The van der Waals surface area contributed by atoms with Gasteiger partial charge in [-0.05, 0) is 19.5 Å². The number of hydrogen-bond donors (Lipinski definition) is 1. The zero-order chi connectivity index (χ0) is 6.69. The van der Waals surface area contributed by atoms with Crippen LogP contribution in [-0.4, -0.2) is 13.1 Å². The second-order valence-electron chi connectivity index (χ2n) is 2.61. The Balaban J connectivity index is 0.000000810. The Kier molecular flexibility index (Phi) is 5.89. The molecular weight excluding hydrogens is 199 g/mol. The van der Waals surface area contributed by atoms with Crippen molar-refractivity contribution in [3.63, 3.8) is 0 Å². The summed E-state index contributed by atoms with van der Waals surface area (Å²) in [7, 11) is 0. The second-order valence-corrected chi connectivity index (χ2v) is 2.61. The van der Waals surface area contributed by atoms with Crippen molar-refractivity contribution in [2.45, 2.75) is 6.42 Å². The molecule has 1 aliphatic rings. The van der Waals surface area contributed by atoms with Gasteiger partial charge in [-0.2, -0.15) is 5.92 Å². The van der Waals surface area contributed by atoms with Crippen molar-refractivity contribution in [1.82, 2.24) is 5.32 Å². The van der Waals surface area contributed by atoms with Gasteiger partial charge in [-0.3, -0.25) is 6.08 Å². The molecule has 1 N–H and O–H groups in total. The summed E-state index contributed by atoms with van der Waals surface area (Å²) in [5, 5.41) is 3.26. The third kappa shape index (κ3) is 2.81. The number of piperidine rings is 1. The maximum atomic E-state index is 5.40. The molecule has 1 nitrogen and oxygen atoms in total. The van der Waals surface area contributed by atoms with Gasteiger partial charge in [-0.1, -0.05) is 5.92 Å². The van der Waals surface area contributed by atoms with Gasteiger partial charge in [0.15, 0.2) is 0 Å². The second kappa shape index (κ2) is 5.45. The maximum Gasteiger partial charge on any atom is 0 e. The van der Waals surface area contributed by atoms with E-state index in [4.69, 9.17) is 6.58 Å². The molecule has 1 fully saturated rings. The molecule has 1 aliphatic heterocycles. The van der Waals surface area contributed by atoms with Crippen molar-refractivity contribution in [2.24, 2.45) is 11.8 Å². The summed E-state index contributed by atoms with van der Waals surface area (Å²) in [6.45, 7) is 11.5. The van der Waals surface area contributed by atoms with E-state index in [2.05, 4.69) is 12.2 Å². The van der Waals surface area contributed by atoms with E-state index >= 15 is 0 Å². The van der Waals surface area contributed by atoms with Gasteiger partial charge in [-0.25, -0.2) is 0 Å². The van der Waals surface area contributed by atoms with E-state index in [0.29, 0.717) is 11.8 Å². The average Bonchev–Trinajstić information content (AvgIpc) is 1.89. The fourth-order valence-electron chi connectivity index (χ4n) is 1.20. The van der Waals surface area contributed by atoms with Crippen LogP contribution in [0.1, 0.15) is 6.42 Å². The van der Waals surface area contributed by atoms with Gasteiger partial charge in [-0.15, -0.1) is 0 Å². The van der Waals surface area contributed by atoms with Crippen molar-refractivity contribution < 1.29 is 32.7 Å². The molecule has 55 valence electrons. The van der Waals surface area contributed by atoms with Gasteiger partial charge in [0.25, 0.3) is 0 Å². The zero-order valence-electron chi connectivity index (χ0n) is 6.22. The maximum absolute atomic E-state index is 5.40. The van der Waals surface area contributed by atoms with E-state index in [1.807, 2.05) is 0 Å². The van der Waals surface area contributed by atoms with Crippen molar-refractivity contribution >= 4 is 0 Å². The van der Waals surface area contributed by atoms with E-state index < -0.39 is 0 Å². The Morgan fingerprint density at radius 3 is 2.70 bits per heavy atom. The van der Waals surface area contributed by atoms with Crippen molar-refractivity contribution in [3.8, 4) is 0 Å². The minimum Gasteiger partial charge on any atom is -0.518 e. The molecule has 0 bridgehead atoms. The number of nitrogens with one attached hydrogen (secondary N) is 1. The Morgan fingerprint density at radius 1 is 1.60 bits per heavy atom. The van der Waals surface area contributed by atoms with Crippen LogP contribution < -0.4 is 5.32 Å². The van der Waals surface area contributed by atoms with Gasteiger partial charge in [0, 0.05) is 32.7 Å². The van der Waals surface area contributed by atoms with E-state index in [0.717, 1.165) is 19.5 Å². The summed E-state index contributed by atoms with van der Waals surface area (Å²) in [4.78, 5) is 0. The number of rotatable bonds is 1. The van der Waals surface area contributed by atoms with Crippen molar-refractivity contribution in [2.75, 3.05) is 13.1 Å². The molecule has 2 atom stereocenters. The molecular formula is C8H13NY-2. The SMILES string of the molecule is [CH-]=CC1CCNCC1[CH2-].[Y]. The van der Waals surface area contributed by atoms with Crippen LogP contribution in [0.2, 0.25) is 0 Å². The summed E-state index contributed by atoms with van der Waals surface area (Å²) in [5.41, 5.74) is 0. The van der Waals surface area contributed by atoms with E-state index in [1.165, 1.54) is 0 Å². The Morgan fingerprint density at radius 2 is 2.30 bits per heavy atom. The number of allylic oxidation sites excluding steroid dienone is 1. The van der Waals surface area contributed by atoms with Gasteiger partial charge in [0.05, 0.1) is 0 Å². The normalized spacial score (nSPS) is 32.5. The van der Waals surface area contributed by atoms with Crippen LogP contribution in [0.15, 0.2) is 6.08 Å². The minimum atomic E-state index is 0. The quantitative estimate of drug-likeness (QED) is 0.640. The third-order valence-electron chi connectivity index (χ3n) is 1.91. The van der Waals surface area contributed by atoms with Crippen LogP contribution in [0, 0.1) is 25.3 Å². The van der Waals surface area contributed by atoms with E-state index in [-0.39, 0.29) is 32.7 Å². The van der Waals surface area contributed by atoms with Crippen LogP contribution in [0.3, 0.4) is 0 Å². The van der Waals surface area contributed by atoms with E-state index in [9.17, 15) is 0 Å². The molecule has 10 heavy (non-hydrogen) atoms. The molecule has 0 aliphatic carbocycles. The van der Waals surface area contributed by atoms with Crippen LogP contribution in [0.5, 0.6) is 0 Å². The van der Waals surface area contributed by atoms with Crippen molar-refractivity contribution in [3.05, 3.63) is 19.6 Å². The first kappa shape index (κ1) is 10.8. The Labute approximate surface area is 88.5 Å². The van der Waals surface area contributed by atoms with Crippen molar-refractivity contribution in [1.29, 1.82) is 0 Å². The summed E-state index contributed by atoms with van der Waals surface area (Å²) in [6, 6.07) is 0. The summed E-state index contributed by atoms with van der Waals surface area (Å²) < 4.78 is 0. The third-order valence-corrected chi connectivity index (χ3v) is 1.91. The summed E-state index contributed by atoms with van der Waals surface area (Å²) in [5.74, 6) is 1.01. The minimum absolute atomic E-state index is 0. The van der Waals surface area contributed by atoms with Crippen LogP contribution in [0.4, 0.5) is 0 Å². The first-order chi connectivity index (χ1) is 4.34. The molecule has 0 aromatic heterocycles. The molecule has 1 radical (unpaired) electrons. The summed E-state index contributed by atoms with van der Waals surface area (Å²) >= 11 is 0. The Bertz CT molecular complexity index is 103. The largest absolute Gasteiger partial charge is 0.518 e. The van der Waals surface area contributed by atoms with Gasteiger partial charge in [0.1, 0.15) is 0 Å². The first-order valence-electron chi connectivity index (χ1n) is 3.43. The molecule has 0 spiro atoms. The van der Waals surface area contributed by atoms with E-state index in [1.54, 1.807) is 6.08 Å².